The van der Waals surface area contributed by atoms with Crippen molar-refractivity contribution in [3.05, 3.63) is 17.0 Å². The molecule has 1 fully saturated rings. The Morgan fingerprint density at radius 1 is 1.35 bits per heavy atom. The van der Waals surface area contributed by atoms with Crippen molar-refractivity contribution in [1.82, 2.24) is 15.1 Å². The number of aryl methyl sites for hydroxylation is 1. The molecule has 3 heterocycles. The lowest BCUT2D eigenvalue weighted by atomic mass is 9.81. The maximum atomic E-state index is 5.88. The van der Waals surface area contributed by atoms with E-state index in [1.807, 2.05) is 6.92 Å². The van der Waals surface area contributed by atoms with Crippen LogP contribution in [0.15, 0.2) is 10.0 Å². The summed E-state index contributed by atoms with van der Waals surface area (Å²) in [7, 11) is 0. The molecule has 108 valence electrons. The van der Waals surface area contributed by atoms with Gasteiger partial charge in [-0.15, -0.1) is 11.3 Å². The third-order valence-electron chi connectivity index (χ3n) is 3.66. The Kier molecular flexibility index (Phi) is 3.38. The van der Waals surface area contributed by atoms with Crippen molar-refractivity contribution in [3.63, 3.8) is 0 Å². The molecule has 2 aromatic heterocycles. The molecule has 20 heavy (non-hydrogen) atoms. The highest BCUT2D eigenvalue weighted by atomic mass is 32.1. The maximum Gasteiger partial charge on any atom is 0.269 e. The Balaban J connectivity index is 1.89. The molecule has 0 aromatic carbocycles. The van der Waals surface area contributed by atoms with Gasteiger partial charge in [0.2, 0.25) is 0 Å². The molecule has 1 saturated heterocycles. The average Bonchev–Trinajstić information content (AvgIpc) is 3.05. The molecule has 2 atom stereocenters. The first kappa shape index (κ1) is 13.7. The van der Waals surface area contributed by atoms with Crippen molar-refractivity contribution in [1.29, 1.82) is 0 Å². The number of nitrogens with zero attached hydrogens (tertiary/aromatic N) is 3. The summed E-state index contributed by atoms with van der Waals surface area (Å²) in [5.41, 5.74) is 2.80. The minimum absolute atomic E-state index is 0.0718. The van der Waals surface area contributed by atoms with Crippen LogP contribution in [0.3, 0.4) is 0 Å². The van der Waals surface area contributed by atoms with Gasteiger partial charge >= 0.3 is 0 Å². The SMILES string of the molecule is Cc1ncsc1-c1nc([C@H]2CCO[C@@H]2C(C)(C)C)no1. The Labute approximate surface area is 122 Å². The van der Waals surface area contributed by atoms with Gasteiger partial charge in [0.05, 0.1) is 23.2 Å². The number of thiazole rings is 1. The number of hydrogen-bond acceptors (Lipinski definition) is 6. The molecule has 0 unspecified atom stereocenters. The first-order chi connectivity index (χ1) is 9.47. The van der Waals surface area contributed by atoms with E-state index >= 15 is 0 Å². The Bertz CT molecular complexity index is 600. The zero-order valence-electron chi connectivity index (χ0n) is 12.2. The van der Waals surface area contributed by atoms with Crippen LogP contribution < -0.4 is 0 Å². The third kappa shape index (κ3) is 2.38. The van der Waals surface area contributed by atoms with Crippen LogP contribution in [-0.2, 0) is 4.74 Å². The second-order valence-corrected chi connectivity index (χ2v) is 7.13. The predicted octanol–water partition coefficient (Wildman–Crippen LogP) is 3.42. The van der Waals surface area contributed by atoms with Gasteiger partial charge in [-0.1, -0.05) is 25.9 Å². The summed E-state index contributed by atoms with van der Waals surface area (Å²) in [5.74, 6) is 1.53. The van der Waals surface area contributed by atoms with Gasteiger partial charge in [-0.25, -0.2) is 4.98 Å². The van der Waals surface area contributed by atoms with Crippen LogP contribution in [0.2, 0.25) is 0 Å². The van der Waals surface area contributed by atoms with Gasteiger partial charge in [0, 0.05) is 6.61 Å². The van der Waals surface area contributed by atoms with Gasteiger partial charge < -0.3 is 9.26 Å². The highest BCUT2D eigenvalue weighted by Gasteiger charge is 2.40. The van der Waals surface area contributed by atoms with E-state index in [4.69, 9.17) is 9.26 Å². The summed E-state index contributed by atoms with van der Waals surface area (Å²) >= 11 is 1.53. The normalized spacial score (nSPS) is 23.4. The van der Waals surface area contributed by atoms with Crippen LogP contribution in [0.1, 0.15) is 44.6 Å². The summed E-state index contributed by atoms with van der Waals surface area (Å²) in [6.45, 7) is 9.27. The fourth-order valence-electron chi connectivity index (χ4n) is 2.69. The fraction of sp³-hybridized carbons (Fsp3) is 0.643. The minimum atomic E-state index is 0.0718. The standard InChI is InChI=1S/C14H19N3O2S/c1-8-10(20-7-15-8)13-16-12(17-19-13)9-5-6-18-11(9)14(2,3)4/h7,9,11H,5-6H2,1-4H3/t9-,11-/m0/s1. The summed E-state index contributed by atoms with van der Waals surface area (Å²) in [6.07, 6.45) is 1.08. The van der Waals surface area contributed by atoms with Crippen molar-refractivity contribution < 1.29 is 9.26 Å². The van der Waals surface area contributed by atoms with E-state index < -0.39 is 0 Å². The third-order valence-corrected chi connectivity index (χ3v) is 4.57. The van der Waals surface area contributed by atoms with Gasteiger partial charge in [-0.05, 0) is 18.8 Å². The zero-order chi connectivity index (χ0) is 14.3. The molecule has 0 N–H and O–H groups in total. The topological polar surface area (TPSA) is 61.0 Å². The quantitative estimate of drug-likeness (QED) is 0.849. The summed E-state index contributed by atoms with van der Waals surface area (Å²) in [4.78, 5) is 9.75. The number of rotatable bonds is 2. The van der Waals surface area contributed by atoms with E-state index in [0.717, 1.165) is 29.4 Å². The van der Waals surface area contributed by atoms with Gasteiger partial charge in [0.25, 0.3) is 5.89 Å². The van der Waals surface area contributed by atoms with E-state index in [-0.39, 0.29) is 17.4 Å². The lowest BCUT2D eigenvalue weighted by Gasteiger charge is -2.29. The number of hydrogen-bond donors (Lipinski definition) is 0. The molecule has 0 aliphatic carbocycles. The van der Waals surface area contributed by atoms with E-state index in [0.29, 0.717) is 5.89 Å². The van der Waals surface area contributed by atoms with Gasteiger partial charge in [0.15, 0.2) is 5.82 Å². The lowest BCUT2D eigenvalue weighted by molar-refractivity contribution is 0.0193. The van der Waals surface area contributed by atoms with Crippen molar-refractivity contribution in [2.75, 3.05) is 6.61 Å². The average molecular weight is 293 g/mol. The zero-order valence-corrected chi connectivity index (χ0v) is 13.0. The first-order valence-corrected chi connectivity index (χ1v) is 7.70. The Morgan fingerprint density at radius 3 is 2.80 bits per heavy atom. The maximum absolute atomic E-state index is 5.88. The van der Waals surface area contributed by atoms with Crippen molar-refractivity contribution in [2.24, 2.45) is 5.41 Å². The molecule has 1 aliphatic rings. The molecular formula is C14H19N3O2S. The molecule has 1 aliphatic heterocycles. The van der Waals surface area contributed by atoms with Crippen LogP contribution in [0.5, 0.6) is 0 Å². The van der Waals surface area contributed by atoms with Gasteiger partial charge in [-0.3, -0.25) is 0 Å². The second kappa shape index (κ2) is 4.93. The van der Waals surface area contributed by atoms with E-state index in [2.05, 4.69) is 35.9 Å². The molecule has 2 aromatic rings. The monoisotopic (exact) mass is 293 g/mol. The summed E-state index contributed by atoms with van der Waals surface area (Å²) in [5, 5.41) is 4.17. The van der Waals surface area contributed by atoms with Crippen LogP contribution in [0.25, 0.3) is 10.8 Å². The molecule has 5 nitrogen and oxygen atoms in total. The van der Waals surface area contributed by atoms with Crippen LogP contribution >= 0.6 is 11.3 Å². The summed E-state index contributed by atoms with van der Waals surface area (Å²) in [6, 6.07) is 0. The first-order valence-electron chi connectivity index (χ1n) is 6.82. The molecule has 3 rings (SSSR count). The van der Waals surface area contributed by atoms with Crippen molar-refractivity contribution >= 4 is 11.3 Å². The largest absolute Gasteiger partial charge is 0.377 e. The molecule has 0 amide bonds. The predicted molar refractivity (Wildman–Crippen MR) is 76.7 cm³/mol. The molecular weight excluding hydrogens is 274 g/mol. The number of ether oxygens (including phenoxy) is 1. The Hall–Kier alpha value is -1.27. The molecule has 0 bridgehead atoms. The lowest BCUT2D eigenvalue weighted by Crippen LogP contribution is -2.30. The smallest absolute Gasteiger partial charge is 0.269 e. The van der Waals surface area contributed by atoms with Crippen LogP contribution in [0.4, 0.5) is 0 Å². The van der Waals surface area contributed by atoms with Gasteiger partial charge in [0.1, 0.15) is 4.88 Å². The number of aromatic nitrogens is 3. The highest BCUT2D eigenvalue weighted by molar-refractivity contribution is 7.13. The molecule has 0 spiro atoms. The second-order valence-electron chi connectivity index (χ2n) is 6.28. The highest BCUT2D eigenvalue weighted by Crippen LogP contribution is 2.40. The van der Waals surface area contributed by atoms with Crippen LogP contribution in [0, 0.1) is 12.3 Å². The molecule has 0 radical (unpaired) electrons. The van der Waals surface area contributed by atoms with Crippen LogP contribution in [-0.4, -0.2) is 27.8 Å². The van der Waals surface area contributed by atoms with Gasteiger partial charge in [-0.2, -0.15) is 4.98 Å². The van der Waals surface area contributed by atoms with E-state index in [1.165, 1.54) is 11.3 Å². The van der Waals surface area contributed by atoms with Crippen molar-refractivity contribution in [3.8, 4) is 10.8 Å². The minimum Gasteiger partial charge on any atom is -0.377 e. The Morgan fingerprint density at radius 2 is 2.15 bits per heavy atom. The van der Waals surface area contributed by atoms with Crippen molar-refractivity contribution in [2.45, 2.75) is 46.1 Å². The van der Waals surface area contributed by atoms with E-state index in [9.17, 15) is 0 Å². The summed E-state index contributed by atoms with van der Waals surface area (Å²) < 4.78 is 11.3. The molecule has 0 saturated carbocycles. The molecule has 6 heteroatoms. The van der Waals surface area contributed by atoms with E-state index in [1.54, 1.807) is 5.51 Å². The fourth-order valence-corrected chi connectivity index (χ4v) is 3.42.